The van der Waals surface area contributed by atoms with Gasteiger partial charge in [0.15, 0.2) is 0 Å². The normalized spacial score (nSPS) is 10.6. The predicted molar refractivity (Wildman–Crippen MR) is 62.9 cm³/mol. The molecule has 0 amide bonds. The van der Waals surface area contributed by atoms with Crippen LogP contribution in [0.5, 0.6) is 0 Å². The Bertz CT molecular complexity index is 422. The van der Waals surface area contributed by atoms with E-state index in [0.29, 0.717) is 0 Å². The summed E-state index contributed by atoms with van der Waals surface area (Å²) in [6.07, 6.45) is 3.56. The van der Waals surface area contributed by atoms with Gasteiger partial charge in [-0.25, -0.2) is 0 Å². The summed E-state index contributed by atoms with van der Waals surface area (Å²) in [7, 11) is 0. The summed E-state index contributed by atoms with van der Waals surface area (Å²) in [6.45, 7) is 4.76. The molecule has 2 rings (SSSR count). The molecule has 0 radical (unpaired) electrons. The van der Waals surface area contributed by atoms with Crippen LogP contribution in [-0.2, 0) is 13.1 Å². The highest BCUT2D eigenvalue weighted by Gasteiger charge is 1.94. The second-order valence-corrected chi connectivity index (χ2v) is 3.83. The summed E-state index contributed by atoms with van der Waals surface area (Å²) in [5.74, 6) is 0. The molecule has 0 fully saturated rings. The van der Waals surface area contributed by atoms with Crippen molar-refractivity contribution < 1.29 is 0 Å². The van der Waals surface area contributed by atoms with Crippen LogP contribution in [0.3, 0.4) is 0 Å². The van der Waals surface area contributed by atoms with Crippen molar-refractivity contribution in [3.8, 4) is 0 Å². The van der Waals surface area contributed by atoms with E-state index < -0.39 is 0 Å². The molecule has 0 spiro atoms. The third-order valence-electron chi connectivity index (χ3n) is 2.40. The summed E-state index contributed by atoms with van der Waals surface area (Å²) in [5.41, 5.74) is 2.62. The van der Waals surface area contributed by atoms with Gasteiger partial charge in [0.1, 0.15) is 0 Å². The third-order valence-corrected chi connectivity index (χ3v) is 2.40. The molecule has 0 saturated heterocycles. The minimum Gasteiger partial charge on any atom is -0.311 e. The van der Waals surface area contributed by atoms with E-state index in [4.69, 9.17) is 0 Å². The van der Waals surface area contributed by atoms with E-state index >= 15 is 0 Å². The Labute approximate surface area is 95.3 Å². The van der Waals surface area contributed by atoms with Crippen LogP contribution < -0.4 is 5.32 Å². The van der Waals surface area contributed by atoms with Crippen LogP contribution in [0.4, 0.5) is 0 Å². The van der Waals surface area contributed by atoms with Gasteiger partial charge < -0.3 is 5.32 Å². The Hall–Kier alpha value is -1.68. The van der Waals surface area contributed by atoms with Crippen molar-refractivity contribution in [3.05, 3.63) is 47.8 Å². The minimum absolute atomic E-state index is 0.853. The van der Waals surface area contributed by atoms with Crippen molar-refractivity contribution >= 4 is 0 Å². The van der Waals surface area contributed by atoms with Gasteiger partial charge in [0, 0.05) is 19.3 Å². The monoisotopic (exact) mass is 216 g/mol. The van der Waals surface area contributed by atoms with Crippen LogP contribution in [0.1, 0.15) is 11.1 Å². The Morgan fingerprint density at radius 3 is 3.06 bits per heavy atom. The molecule has 0 saturated carbocycles. The predicted octanol–water partition coefficient (Wildman–Crippen LogP) is 1.38. The zero-order chi connectivity index (χ0) is 11.2. The van der Waals surface area contributed by atoms with Crippen LogP contribution in [0.15, 0.2) is 36.7 Å². The van der Waals surface area contributed by atoms with E-state index in [1.54, 1.807) is 6.20 Å². The molecule has 16 heavy (non-hydrogen) atoms. The van der Waals surface area contributed by atoms with Gasteiger partial charge in [-0.15, -0.1) is 5.10 Å². The van der Waals surface area contributed by atoms with Gasteiger partial charge in [-0.3, -0.25) is 4.68 Å². The van der Waals surface area contributed by atoms with Crippen LogP contribution >= 0.6 is 0 Å². The lowest BCUT2D eigenvalue weighted by atomic mass is 10.1. The first-order chi connectivity index (χ1) is 7.84. The SMILES string of the molecule is Cc1cccc(CNCCn2ccnn2)c1. The molecule has 1 aromatic carbocycles. The molecule has 1 heterocycles. The number of nitrogens with zero attached hydrogens (tertiary/aromatic N) is 3. The van der Waals surface area contributed by atoms with E-state index in [0.717, 1.165) is 19.6 Å². The van der Waals surface area contributed by atoms with Gasteiger partial charge in [0.25, 0.3) is 0 Å². The van der Waals surface area contributed by atoms with Crippen molar-refractivity contribution in [2.75, 3.05) is 6.54 Å². The van der Waals surface area contributed by atoms with Crippen LogP contribution in [0.2, 0.25) is 0 Å². The van der Waals surface area contributed by atoms with E-state index in [2.05, 4.69) is 46.8 Å². The van der Waals surface area contributed by atoms with Crippen molar-refractivity contribution in [3.63, 3.8) is 0 Å². The zero-order valence-corrected chi connectivity index (χ0v) is 9.43. The molecule has 0 aliphatic rings. The smallest absolute Gasteiger partial charge is 0.0692 e. The zero-order valence-electron chi connectivity index (χ0n) is 9.43. The third kappa shape index (κ3) is 3.17. The fourth-order valence-electron chi connectivity index (χ4n) is 1.60. The highest BCUT2D eigenvalue weighted by Crippen LogP contribution is 2.02. The van der Waals surface area contributed by atoms with Crippen LogP contribution in [0, 0.1) is 6.92 Å². The van der Waals surface area contributed by atoms with E-state index in [1.807, 2.05) is 10.9 Å². The second-order valence-electron chi connectivity index (χ2n) is 3.83. The maximum Gasteiger partial charge on any atom is 0.0692 e. The topological polar surface area (TPSA) is 42.7 Å². The highest BCUT2D eigenvalue weighted by atomic mass is 15.4. The molecule has 1 N–H and O–H groups in total. The summed E-state index contributed by atoms with van der Waals surface area (Å²) >= 11 is 0. The summed E-state index contributed by atoms with van der Waals surface area (Å²) in [5, 5.41) is 11.0. The first kappa shape index (κ1) is 10.8. The highest BCUT2D eigenvalue weighted by molar-refractivity contribution is 5.21. The van der Waals surface area contributed by atoms with E-state index in [9.17, 15) is 0 Å². The number of aryl methyl sites for hydroxylation is 1. The van der Waals surface area contributed by atoms with Crippen molar-refractivity contribution in [2.24, 2.45) is 0 Å². The first-order valence-electron chi connectivity index (χ1n) is 5.45. The maximum absolute atomic E-state index is 3.90. The number of aromatic nitrogens is 3. The summed E-state index contributed by atoms with van der Waals surface area (Å²) in [6, 6.07) is 8.53. The largest absolute Gasteiger partial charge is 0.311 e. The number of rotatable bonds is 5. The number of hydrogen-bond donors (Lipinski definition) is 1. The van der Waals surface area contributed by atoms with E-state index in [-0.39, 0.29) is 0 Å². The first-order valence-corrected chi connectivity index (χ1v) is 5.45. The fraction of sp³-hybridized carbons (Fsp3) is 0.333. The molecule has 2 aromatic rings. The fourth-order valence-corrected chi connectivity index (χ4v) is 1.60. The van der Waals surface area contributed by atoms with Gasteiger partial charge in [0.05, 0.1) is 12.7 Å². The number of nitrogens with one attached hydrogen (secondary N) is 1. The lowest BCUT2D eigenvalue weighted by Gasteiger charge is -2.05. The van der Waals surface area contributed by atoms with Crippen LogP contribution in [-0.4, -0.2) is 21.5 Å². The minimum atomic E-state index is 0.853. The molecular weight excluding hydrogens is 200 g/mol. The molecule has 4 nitrogen and oxygen atoms in total. The molecule has 0 aliphatic heterocycles. The van der Waals surface area contributed by atoms with Gasteiger partial charge >= 0.3 is 0 Å². The average molecular weight is 216 g/mol. The van der Waals surface area contributed by atoms with Gasteiger partial charge in [0.2, 0.25) is 0 Å². The van der Waals surface area contributed by atoms with Crippen LogP contribution in [0.25, 0.3) is 0 Å². The van der Waals surface area contributed by atoms with Crippen molar-refractivity contribution in [1.82, 2.24) is 20.3 Å². The molecule has 4 heteroatoms. The number of benzene rings is 1. The van der Waals surface area contributed by atoms with Gasteiger partial charge in [-0.05, 0) is 12.5 Å². The van der Waals surface area contributed by atoms with Gasteiger partial charge in [-0.1, -0.05) is 35.0 Å². The standard InChI is InChI=1S/C12H16N4/c1-11-3-2-4-12(9-11)10-13-5-7-16-8-6-14-15-16/h2-4,6,8-9,13H,5,7,10H2,1H3. The maximum atomic E-state index is 3.90. The quantitative estimate of drug-likeness (QED) is 0.768. The Balaban J connectivity index is 1.72. The average Bonchev–Trinajstić information content (AvgIpc) is 2.77. The molecule has 0 unspecified atom stereocenters. The summed E-state index contributed by atoms with van der Waals surface area (Å²) < 4.78 is 1.82. The van der Waals surface area contributed by atoms with E-state index in [1.165, 1.54) is 11.1 Å². The molecule has 0 atom stereocenters. The number of hydrogen-bond acceptors (Lipinski definition) is 3. The molecule has 0 aliphatic carbocycles. The summed E-state index contributed by atoms with van der Waals surface area (Å²) in [4.78, 5) is 0. The Morgan fingerprint density at radius 1 is 1.38 bits per heavy atom. The second kappa shape index (κ2) is 5.42. The molecule has 1 aromatic heterocycles. The molecular formula is C12H16N4. The lowest BCUT2D eigenvalue weighted by molar-refractivity contribution is 0.540. The Kier molecular flexibility index (Phi) is 3.66. The molecule has 0 bridgehead atoms. The molecule has 84 valence electrons. The van der Waals surface area contributed by atoms with Crippen molar-refractivity contribution in [1.29, 1.82) is 0 Å². The lowest BCUT2D eigenvalue weighted by Crippen LogP contribution is -2.19. The Morgan fingerprint density at radius 2 is 2.31 bits per heavy atom. The van der Waals surface area contributed by atoms with Gasteiger partial charge in [-0.2, -0.15) is 0 Å². The van der Waals surface area contributed by atoms with Crippen molar-refractivity contribution in [2.45, 2.75) is 20.0 Å².